The van der Waals surface area contributed by atoms with Gasteiger partial charge in [0, 0.05) is 25.6 Å². The largest absolute Gasteiger partial charge is 0.388 e. The molecule has 3 rings (SSSR count). The zero-order valence-electron chi connectivity index (χ0n) is 10.2. The summed E-state index contributed by atoms with van der Waals surface area (Å²) in [7, 11) is 0. The molecule has 0 amide bonds. The van der Waals surface area contributed by atoms with Crippen molar-refractivity contribution in [2.45, 2.75) is 31.3 Å². The van der Waals surface area contributed by atoms with E-state index in [1.807, 2.05) is 0 Å². The Kier molecular flexibility index (Phi) is 2.66. The molecule has 4 atom stereocenters. The lowest BCUT2D eigenvalue weighted by Gasteiger charge is -2.50. The molecule has 2 bridgehead atoms. The van der Waals surface area contributed by atoms with Crippen molar-refractivity contribution in [3.63, 3.8) is 0 Å². The molecule has 3 fully saturated rings. The number of aliphatic hydroxyl groups is 1. The second-order valence-corrected chi connectivity index (χ2v) is 5.81. The highest BCUT2D eigenvalue weighted by Crippen LogP contribution is 2.50. The minimum absolute atomic E-state index is 0.262. The van der Waals surface area contributed by atoms with E-state index in [-0.39, 0.29) is 5.92 Å². The lowest BCUT2D eigenvalue weighted by Crippen LogP contribution is -2.60. The fourth-order valence-corrected chi connectivity index (χ4v) is 3.91. The van der Waals surface area contributed by atoms with Gasteiger partial charge in [0.15, 0.2) is 0 Å². The van der Waals surface area contributed by atoms with Crippen LogP contribution in [0.15, 0.2) is 0 Å². The van der Waals surface area contributed by atoms with Gasteiger partial charge in [-0.25, -0.2) is 0 Å². The van der Waals surface area contributed by atoms with Crippen molar-refractivity contribution in [2.24, 2.45) is 11.3 Å². The van der Waals surface area contributed by atoms with E-state index >= 15 is 0 Å². The molecule has 0 aromatic rings. The highest BCUT2D eigenvalue weighted by molar-refractivity contribution is 5.17. The van der Waals surface area contributed by atoms with E-state index < -0.39 is 11.0 Å². The third-order valence-electron chi connectivity index (χ3n) is 5.04. The molecule has 1 N–H and O–H groups in total. The number of hydrogen-bond acceptors (Lipinski definition) is 4. The molecule has 0 aromatic heterocycles. The first kappa shape index (κ1) is 11.5. The van der Waals surface area contributed by atoms with Gasteiger partial charge in [0.05, 0.1) is 18.3 Å². The molecule has 3 aliphatic rings. The third-order valence-corrected chi connectivity index (χ3v) is 5.04. The summed E-state index contributed by atoms with van der Waals surface area (Å²) in [6.07, 6.45) is 3.44. The van der Waals surface area contributed by atoms with Crippen LogP contribution in [-0.4, -0.2) is 48.5 Å². The quantitative estimate of drug-likeness (QED) is 0.730. The molecule has 17 heavy (non-hydrogen) atoms. The molecule has 0 aromatic carbocycles. The van der Waals surface area contributed by atoms with Gasteiger partial charge in [-0.3, -0.25) is 0 Å². The summed E-state index contributed by atoms with van der Waals surface area (Å²) < 4.78 is 5.51. The first-order valence-electron chi connectivity index (χ1n) is 6.64. The van der Waals surface area contributed by atoms with E-state index in [1.165, 1.54) is 0 Å². The Balaban J connectivity index is 1.92. The number of ether oxygens (including phenoxy) is 1. The van der Waals surface area contributed by atoms with E-state index in [1.54, 1.807) is 0 Å². The molecule has 3 aliphatic heterocycles. The topological polar surface area (TPSA) is 56.5 Å². The van der Waals surface area contributed by atoms with Gasteiger partial charge in [-0.15, -0.1) is 0 Å². The van der Waals surface area contributed by atoms with Crippen molar-refractivity contribution in [3.05, 3.63) is 0 Å². The Labute approximate surface area is 102 Å². The maximum absolute atomic E-state index is 11.1. The minimum atomic E-state index is -0.824. The molecule has 0 radical (unpaired) electrons. The Hall–Kier alpha value is -0.630. The summed E-state index contributed by atoms with van der Waals surface area (Å²) in [5, 5.41) is 20.7. The van der Waals surface area contributed by atoms with Gasteiger partial charge in [0.2, 0.25) is 0 Å². The predicted octanol–water partition coefficient (Wildman–Crippen LogP) is 0.763. The Morgan fingerprint density at radius 3 is 2.94 bits per heavy atom. The Morgan fingerprint density at radius 1 is 1.35 bits per heavy atom. The summed E-state index contributed by atoms with van der Waals surface area (Å²) >= 11 is 0. The molecule has 4 heteroatoms. The van der Waals surface area contributed by atoms with E-state index in [9.17, 15) is 10.4 Å². The fraction of sp³-hybridized carbons (Fsp3) is 0.923. The van der Waals surface area contributed by atoms with Crippen LogP contribution >= 0.6 is 0 Å². The monoisotopic (exact) mass is 236 g/mol. The summed E-state index contributed by atoms with van der Waals surface area (Å²) in [5.74, 6) is 0.262. The summed E-state index contributed by atoms with van der Waals surface area (Å²) in [6.45, 7) is 4.11. The third kappa shape index (κ3) is 1.53. The lowest BCUT2D eigenvalue weighted by molar-refractivity contribution is -0.161. The van der Waals surface area contributed by atoms with Crippen LogP contribution < -0.4 is 0 Å². The van der Waals surface area contributed by atoms with Gasteiger partial charge in [0.25, 0.3) is 0 Å². The molecule has 3 heterocycles. The average molecular weight is 236 g/mol. The Morgan fingerprint density at radius 2 is 2.24 bits per heavy atom. The number of piperidine rings is 1. The van der Waals surface area contributed by atoms with Crippen LogP contribution in [0.1, 0.15) is 25.7 Å². The normalized spacial score (nSPS) is 49.9. The highest BCUT2D eigenvalue weighted by atomic mass is 16.5. The molecule has 3 saturated heterocycles. The van der Waals surface area contributed by atoms with Crippen LogP contribution in [0.3, 0.4) is 0 Å². The number of fused-ring (bicyclic) bond motifs is 2. The number of nitrogens with zero attached hydrogens (tertiary/aromatic N) is 2. The Bertz CT molecular complexity index is 346. The SMILES string of the molecule is N#CC1(C2(O)CCN3CCC2C3)CCCOC1. The molecule has 4 unspecified atom stereocenters. The molecule has 94 valence electrons. The first-order valence-corrected chi connectivity index (χ1v) is 6.64. The number of hydrogen-bond donors (Lipinski definition) is 1. The van der Waals surface area contributed by atoms with Crippen LogP contribution in [-0.2, 0) is 4.74 Å². The van der Waals surface area contributed by atoms with E-state index in [0.717, 1.165) is 51.9 Å². The molecular formula is C13H20N2O2. The van der Waals surface area contributed by atoms with Crippen molar-refractivity contribution in [1.29, 1.82) is 5.26 Å². The van der Waals surface area contributed by atoms with Crippen molar-refractivity contribution >= 4 is 0 Å². The van der Waals surface area contributed by atoms with Crippen LogP contribution in [0.4, 0.5) is 0 Å². The maximum Gasteiger partial charge on any atom is 0.110 e. The summed E-state index contributed by atoms with van der Waals surface area (Å²) in [6, 6.07) is 2.42. The first-order chi connectivity index (χ1) is 8.20. The van der Waals surface area contributed by atoms with Gasteiger partial charge >= 0.3 is 0 Å². The van der Waals surface area contributed by atoms with E-state index in [2.05, 4.69) is 11.0 Å². The van der Waals surface area contributed by atoms with Gasteiger partial charge in [-0.2, -0.15) is 5.26 Å². The molecular weight excluding hydrogens is 216 g/mol. The van der Waals surface area contributed by atoms with Crippen LogP contribution in [0, 0.1) is 22.7 Å². The van der Waals surface area contributed by atoms with Crippen molar-refractivity contribution in [2.75, 3.05) is 32.8 Å². The van der Waals surface area contributed by atoms with Crippen molar-refractivity contribution in [3.8, 4) is 6.07 Å². The van der Waals surface area contributed by atoms with Gasteiger partial charge < -0.3 is 14.7 Å². The highest BCUT2D eigenvalue weighted by Gasteiger charge is 2.59. The zero-order valence-corrected chi connectivity index (χ0v) is 10.2. The second-order valence-electron chi connectivity index (χ2n) is 5.81. The van der Waals surface area contributed by atoms with E-state index in [0.29, 0.717) is 6.61 Å². The van der Waals surface area contributed by atoms with Gasteiger partial charge in [-0.05, 0) is 32.2 Å². The maximum atomic E-state index is 11.1. The summed E-state index contributed by atoms with van der Waals surface area (Å²) in [5.41, 5.74) is -1.48. The van der Waals surface area contributed by atoms with Crippen molar-refractivity contribution < 1.29 is 9.84 Å². The van der Waals surface area contributed by atoms with Crippen LogP contribution in [0.25, 0.3) is 0 Å². The minimum Gasteiger partial charge on any atom is -0.388 e. The number of nitriles is 1. The fourth-order valence-electron chi connectivity index (χ4n) is 3.91. The van der Waals surface area contributed by atoms with Gasteiger partial charge in [0.1, 0.15) is 5.41 Å². The second kappa shape index (κ2) is 3.94. The lowest BCUT2D eigenvalue weighted by atomic mass is 9.61. The standard InChI is InChI=1S/C13H20N2O2/c14-9-12(3-1-7-17-10-12)13(16)4-6-15-5-2-11(13)8-15/h11,16H,1-8,10H2. The van der Waals surface area contributed by atoms with Gasteiger partial charge in [-0.1, -0.05) is 0 Å². The molecule has 0 aliphatic carbocycles. The average Bonchev–Trinajstić information content (AvgIpc) is 2.80. The zero-order chi connectivity index (χ0) is 11.9. The molecule has 4 nitrogen and oxygen atoms in total. The van der Waals surface area contributed by atoms with Crippen LogP contribution in [0.2, 0.25) is 0 Å². The smallest absolute Gasteiger partial charge is 0.110 e. The van der Waals surface area contributed by atoms with Crippen molar-refractivity contribution in [1.82, 2.24) is 4.90 Å². The molecule has 0 spiro atoms. The number of rotatable bonds is 1. The summed E-state index contributed by atoms with van der Waals surface area (Å²) in [4.78, 5) is 2.40. The van der Waals surface area contributed by atoms with E-state index in [4.69, 9.17) is 4.74 Å². The molecule has 0 saturated carbocycles. The van der Waals surface area contributed by atoms with Crippen LogP contribution in [0.5, 0.6) is 0 Å². The predicted molar refractivity (Wildman–Crippen MR) is 62.2 cm³/mol.